The predicted octanol–water partition coefficient (Wildman–Crippen LogP) is 2.89. The molecule has 4 atom stereocenters. The van der Waals surface area contributed by atoms with E-state index in [1.54, 1.807) is 0 Å². The van der Waals surface area contributed by atoms with E-state index in [0.29, 0.717) is 0 Å². The lowest BCUT2D eigenvalue weighted by Gasteiger charge is -2.45. The van der Waals surface area contributed by atoms with Crippen LogP contribution in [0.4, 0.5) is 0 Å². The first kappa shape index (κ1) is 13.4. The number of hydrogen-bond acceptors (Lipinski definition) is 2. The van der Waals surface area contributed by atoms with Crippen LogP contribution in [-0.4, -0.2) is 36.6 Å². The van der Waals surface area contributed by atoms with Crippen LogP contribution < -0.4 is 5.32 Å². The molecule has 4 unspecified atom stereocenters. The van der Waals surface area contributed by atoms with E-state index in [1.807, 2.05) is 0 Å². The Bertz CT molecular complexity index is 227. The Labute approximate surface area is 107 Å². The van der Waals surface area contributed by atoms with Crippen LogP contribution in [0.15, 0.2) is 0 Å². The Morgan fingerprint density at radius 3 is 2.53 bits per heavy atom. The summed E-state index contributed by atoms with van der Waals surface area (Å²) in [6, 6.07) is 1.58. The van der Waals surface area contributed by atoms with Crippen LogP contribution in [0, 0.1) is 11.8 Å². The van der Waals surface area contributed by atoms with Crippen molar-refractivity contribution in [3.63, 3.8) is 0 Å². The summed E-state index contributed by atoms with van der Waals surface area (Å²) in [4.78, 5) is 2.79. The zero-order valence-electron chi connectivity index (χ0n) is 11.9. The van der Waals surface area contributed by atoms with E-state index < -0.39 is 0 Å². The van der Waals surface area contributed by atoms with Gasteiger partial charge in [-0.05, 0) is 44.2 Å². The molecule has 2 rings (SSSR count). The molecule has 2 nitrogen and oxygen atoms in total. The molecule has 1 heterocycles. The zero-order valence-corrected chi connectivity index (χ0v) is 11.9. The first-order valence-corrected chi connectivity index (χ1v) is 7.69. The highest BCUT2D eigenvalue weighted by molar-refractivity contribution is 4.90. The van der Waals surface area contributed by atoms with Gasteiger partial charge in [-0.15, -0.1) is 0 Å². The maximum absolute atomic E-state index is 3.72. The van der Waals surface area contributed by atoms with E-state index in [9.17, 15) is 0 Å². The number of likely N-dealkylation sites (tertiary alicyclic amines) is 1. The fraction of sp³-hybridized carbons (Fsp3) is 1.00. The molecule has 0 radical (unpaired) electrons. The summed E-state index contributed by atoms with van der Waals surface area (Å²) in [6.45, 7) is 10.9. The first-order valence-electron chi connectivity index (χ1n) is 7.69. The minimum absolute atomic E-state index is 0.759. The minimum atomic E-state index is 0.759. The molecule has 100 valence electrons. The van der Waals surface area contributed by atoms with Crippen molar-refractivity contribution in [2.24, 2.45) is 11.8 Å². The molecule has 1 N–H and O–H groups in total. The molecule has 1 aliphatic heterocycles. The van der Waals surface area contributed by atoms with Gasteiger partial charge in [0, 0.05) is 18.6 Å². The minimum Gasteiger partial charge on any atom is -0.313 e. The molecule has 0 aromatic carbocycles. The summed E-state index contributed by atoms with van der Waals surface area (Å²) < 4.78 is 0. The molecule has 1 saturated heterocycles. The second-order valence-corrected chi connectivity index (χ2v) is 6.25. The lowest BCUT2D eigenvalue weighted by Crippen LogP contribution is -2.55. The quantitative estimate of drug-likeness (QED) is 0.813. The molecule has 2 heteroatoms. The van der Waals surface area contributed by atoms with Gasteiger partial charge in [0.05, 0.1) is 0 Å². The van der Waals surface area contributed by atoms with Crippen LogP contribution >= 0.6 is 0 Å². The summed E-state index contributed by atoms with van der Waals surface area (Å²) in [6.07, 6.45) is 7.06. The SMILES string of the molecule is CCNC1CCCCC1N1CCC(C)C(C)C1. The molecule has 0 aromatic rings. The highest BCUT2D eigenvalue weighted by Gasteiger charge is 2.33. The van der Waals surface area contributed by atoms with E-state index >= 15 is 0 Å². The standard InChI is InChI=1S/C15H30N2/c1-4-16-14-7-5-6-8-15(14)17-10-9-12(2)13(3)11-17/h12-16H,4-11H2,1-3H3. The van der Waals surface area contributed by atoms with Gasteiger partial charge in [0.2, 0.25) is 0 Å². The zero-order chi connectivity index (χ0) is 12.3. The van der Waals surface area contributed by atoms with Crippen molar-refractivity contribution < 1.29 is 0 Å². The average Bonchev–Trinajstić information content (AvgIpc) is 2.34. The monoisotopic (exact) mass is 238 g/mol. The van der Waals surface area contributed by atoms with E-state index in [2.05, 4.69) is 31.0 Å². The number of rotatable bonds is 3. The fourth-order valence-corrected chi connectivity index (χ4v) is 3.64. The molecule has 0 aromatic heterocycles. The second kappa shape index (κ2) is 6.19. The topological polar surface area (TPSA) is 15.3 Å². The third-order valence-electron chi connectivity index (χ3n) is 5.03. The summed E-state index contributed by atoms with van der Waals surface area (Å²) in [7, 11) is 0. The van der Waals surface area contributed by atoms with Crippen LogP contribution in [0.3, 0.4) is 0 Å². The molecule has 1 aliphatic carbocycles. The Morgan fingerprint density at radius 2 is 1.82 bits per heavy atom. The molecule has 0 amide bonds. The van der Waals surface area contributed by atoms with Gasteiger partial charge in [0.1, 0.15) is 0 Å². The Hall–Kier alpha value is -0.0800. The fourth-order valence-electron chi connectivity index (χ4n) is 3.64. The number of likely N-dealkylation sites (N-methyl/N-ethyl adjacent to an activating group) is 1. The molecule has 0 bridgehead atoms. The highest BCUT2D eigenvalue weighted by Crippen LogP contribution is 2.29. The number of hydrogen-bond donors (Lipinski definition) is 1. The van der Waals surface area contributed by atoms with Crippen molar-refractivity contribution in [3.05, 3.63) is 0 Å². The van der Waals surface area contributed by atoms with Crippen LogP contribution in [0.5, 0.6) is 0 Å². The number of piperidine rings is 1. The van der Waals surface area contributed by atoms with Gasteiger partial charge in [0.15, 0.2) is 0 Å². The van der Waals surface area contributed by atoms with Crippen molar-refractivity contribution in [3.8, 4) is 0 Å². The smallest absolute Gasteiger partial charge is 0.0249 e. The maximum atomic E-state index is 3.72. The van der Waals surface area contributed by atoms with Crippen LogP contribution in [0.2, 0.25) is 0 Å². The van der Waals surface area contributed by atoms with E-state index in [-0.39, 0.29) is 0 Å². The van der Waals surface area contributed by atoms with Gasteiger partial charge in [0.25, 0.3) is 0 Å². The van der Waals surface area contributed by atoms with Crippen molar-refractivity contribution in [2.75, 3.05) is 19.6 Å². The van der Waals surface area contributed by atoms with E-state index in [1.165, 1.54) is 45.2 Å². The van der Waals surface area contributed by atoms with Crippen LogP contribution in [-0.2, 0) is 0 Å². The molecule has 2 aliphatic rings. The van der Waals surface area contributed by atoms with E-state index in [4.69, 9.17) is 0 Å². The summed E-state index contributed by atoms with van der Waals surface area (Å²) in [5.41, 5.74) is 0. The Balaban J connectivity index is 1.94. The van der Waals surface area contributed by atoms with Crippen molar-refractivity contribution in [1.82, 2.24) is 10.2 Å². The average molecular weight is 238 g/mol. The third kappa shape index (κ3) is 3.23. The molecule has 1 saturated carbocycles. The Kier molecular flexibility index (Phi) is 4.87. The van der Waals surface area contributed by atoms with Crippen LogP contribution in [0.25, 0.3) is 0 Å². The lowest BCUT2D eigenvalue weighted by atomic mass is 9.83. The highest BCUT2D eigenvalue weighted by atomic mass is 15.2. The second-order valence-electron chi connectivity index (χ2n) is 6.25. The largest absolute Gasteiger partial charge is 0.313 e. The van der Waals surface area contributed by atoms with E-state index in [0.717, 1.165) is 30.5 Å². The van der Waals surface area contributed by atoms with Gasteiger partial charge < -0.3 is 5.32 Å². The molecule has 2 fully saturated rings. The Morgan fingerprint density at radius 1 is 1.06 bits per heavy atom. The number of nitrogens with one attached hydrogen (secondary N) is 1. The first-order chi connectivity index (χ1) is 8.22. The summed E-state index contributed by atoms with van der Waals surface area (Å²) in [5, 5.41) is 3.72. The maximum Gasteiger partial charge on any atom is 0.0249 e. The van der Waals surface area contributed by atoms with Gasteiger partial charge in [-0.25, -0.2) is 0 Å². The third-order valence-corrected chi connectivity index (χ3v) is 5.03. The van der Waals surface area contributed by atoms with Gasteiger partial charge >= 0.3 is 0 Å². The van der Waals surface area contributed by atoms with Crippen molar-refractivity contribution in [2.45, 2.75) is 65.0 Å². The van der Waals surface area contributed by atoms with Gasteiger partial charge in [-0.3, -0.25) is 4.90 Å². The molecule has 0 spiro atoms. The summed E-state index contributed by atoms with van der Waals surface area (Å²) in [5.74, 6) is 1.81. The van der Waals surface area contributed by atoms with Gasteiger partial charge in [-0.2, -0.15) is 0 Å². The van der Waals surface area contributed by atoms with Crippen molar-refractivity contribution >= 4 is 0 Å². The summed E-state index contributed by atoms with van der Waals surface area (Å²) >= 11 is 0. The number of nitrogens with zero attached hydrogens (tertiary/aromatic N) is 1. The molecular formula is C15H30N2. The lowest BCUT2D eigenvalue weighted by molar-refractivity contribution is 0.0582. The van der Waals surface area contributed by atoms with Crippen LogP contribution in [0.1, 0.15) is 52.9 Å². The molecule has 17 heavy (non-hydrogen) atoms. The van der Waals surface area contributed by atoms with Crippen molar-refractivity contribution in [1.29, 1.82) is 0 Å². The molecular weight excluding hydrogens is 208 g/mol. The van der Waals surface area contributed by atoms with Gasteiger partial charge in [-0.1, -0.05) is 33.6 Å². The predicted molar refractivity (Wildman–Crippen MR) is 74.2 cm³/mol. The normalized spacial score (nSPS) is 40.4.